The molecule has 1 saturated heterocycles. The fourth-order valence-corrected chi connectivity index (χ4v) is 2.96. The molecular weight excluding hydrogens is 260 g/mol. The Morgan fingerprint density at radius 2 is 2.05 bits per heavy atom. The van der Waals surface area contributed by atoms with E-state index in [0.29, 0.717) is 12.0 Å². The van der Waals surface area contributed by atoms with Gasteiger partial charge in [-0.25, -0.2) is 4.68 Å². The van der Waals surface area contributed by atoms with E-state index in [4.69, 9.17) is 5.73 Å². The first-order valence-electron chi connectivity index (χ1n) is 7.75. The van der Waals surface area contributed by atoms with Gasteiger partial charge in [-0.3, -0.25) is 4.90 Å². The van der Waals surface area contributed by atoms with Crippen molar-refractivity contribution in [3.63, 3.8) is 0 Å². The summed E-state index contributed by atoms with van der Waals surface area (Å²) in [6.45, 7) is 6.58. The van der Waals surface area contributed by atoms with E-state index in [-0.39, 0.29) is 6.04 Å². The lowest BCUT2D eigenvalue weighted by molar-refractivity contribution is 0.128. The second kappa shape index (κ2) is 6.00. The van der Waals surface area contributed by atoms with Crippen molar-refractivity contribution in [2.45, 2.75) is 32.4 Å². The van der Waals surface area contributed by atoms with Gasteiger partial charge >= 0.3 is 0 Å². The number of hydrogen-bond donors (Lipinski definition) is 1. The van der Waals surface area contributed by atoms with E-state index in [1.165, 1.54) is 12.0 Å². The monoisotopic (exact) mass is 284 g/mol. The Morgan fingerprint density at radius 3 is 2.76 bits per heavy atom. The van der Waals surface area contributed by atoms with Crippen LogP contribution in [0.3, 0.4) is 0 Å². The Kier molecular flexibility index (Phi) is 4.08. The third kappa shape index (κ3) is 3.01. The van der Waals surface area contributed by atoms with Gasteiger partial charge in [0.15, 0.2) is 0 Å². The molecule has 21 heavy (non-hydrogen) atoms. The minimum atomic E-state index is 0.283. The maximum absolute atomic E-state index is 6.22. The zero-order chi connectivity index (χ0) is 14.8. The summed E-state index contributed by atoms with van der Waals surface area (Å²) in [5, 5.41) is 4.50. The van der Waals surface area contributed by atoms with Crippen LogP contribution in [0.25, 0.3) is 5.69 Å². The largest absolute Gasteiger partial charge is 0.326 e. The second-order valence-corrected chi connectivity index (χ2v) is 6.15. The molecule has 0 amide bonds. The van der Waals surface area contributed by atoms with Gasteiger partial charge in [-0.2, -0.15) is 5.10 Å². The van der Waals surface area contributed by atoms with Crippen LogP contribution in [0.15, 0.2) is 42.7 Å². The van der Waals surface area contributed by atoms with Gasteiger partial charge in [0.1, 0.15) is 0 Å². The lowest BCUT2D eigenvalue weighted by Gasteiger charge is -2.38. The molecule has 112 valence electrons. The maximum Gasteiger partial charge on any atom is 0.0645 e. The lowest BCUT2D eigenvalue weighted by atomic mass is 9.93. The van der Waals surface area contributed by atoms with Crippen LogP contribution in [0.4, 0.5) is 0 Å². The molecule has 2 N–H and O–H groups in total. The van der Waals surface area contributed by atoms with Crippen LogP contribution in [0.1, 0.15) is 31.9 Å². The summed E-state index contributed by atoms with van der Waals surface area (Å²) in [5.41, 5.74) is 8.57. The molecule has 1 aliphatic rings. The minimum Gasteiger partial charge on any atom is -0.326 e. The first-order valence-corrected chi connectivity index (χ1v) is 7.75. The molecule has 1 fully saturated rings. The number of nitrogens with zero attached hydrogens (tertiary/aromatic N) is 3. The summed E-state index contributed by atoms with van der Waals surface area (Å²) in [4.78, 5) is 2.47. The molecule has 3 unspecified atom stereocenters. The smallest absolute Gasteiger partial charge is 0.0645 e. The van der Waals surface area contributed by atoms with Crippen molar-refractivity contribution in [3.8, 4) is 5.69 Å². The lowest BCUT2D eigenvalue weighted by Crippen LogP contribution is -2.48. The van der Waals surface area contributed by atoms with Gasteiger partial charge in [-0.15, -0.1) is 0 Å². The Hall–Kier alpha value is -1.65. The van der Waals surface area contributed by atoms with Crippen molar-refractivity contribution in [2.24, 2.45) is 11.7 Å². The van der Waals surface area contributed by atoms with Crippen molar-refractivity contribution in [1.29, 1.82) is 0 Å². The summed E-state index contributed by atoms with van der Waals surface area (Å²) in [6, 6.07) is 10.9. The first-order chi connectivity index (χ1) is 10.1. The molecule has 0 spiro atoms. The normalized spacial score (nSPS) is 24.9. The summed E-state index contributed by atoms with van der Waals surface area (Å²) < 4.78 is 1.94. The molecule has 1 aliphatic heterocycles. The Labute approximate surface area is 126 Å². The van der Waals surface area contributed by atoms with E-state index >= 15 is 0 Å². The number of hydrogen-bond acceptors (Lipinski definition) is 3. The van der Waals surface area contributed by atoms with E-state index in [9.17, 15) is 0 Å². The number of nitrogens with two attached hydrogens (primary N) is 1. The summed E-state index contributed by atoms with van der Waals surface area (Å²) in [7, 11) is 0. The van der Waals surface area contributed by atoms with Gasteiger partial charge < -0.3 is 5.73 Å². The number of para-hydroxylation sites is 1. The van der Waals surface area contributed by atoms with Crippen LogP contribution in [0.2, 0.25) is 0 Å². The molecule has 1 aromatic heterocycles. The van der Waals surface area contributed by atoms with Crippen molar-refractivity contribution >= 4 is 0 Å². The molecule has 0 radical (unpaired) electrons. The highest BCUT2D eigenvalue weighted by molar-refractivity contribution is 5.31. The zero-order valence-corrected chi connectivity index (χ0v) is 12.8. The average molecular weight is 284 g/mol. The van der Waals surface area contributed by atoms with E-state index in [1.807, 2.05) is 29.1 Å². The van der Waals surface area contributed by atoms with Gasteiger partial charge in [0, 0.05) is 30.4 Å². The Morgan fingerprint density at radius 1 is 1.29 bits per heavy atom. The molecule has 2 heterocycles. The molecule has 4 nitrogen and oxygen atoms in total. The standard InChI is InChI=1S/C17H24N4/c1-13-8-9-20(12-17(13)18)14(2)15-10-19-21(11-15)16-6-4-3-5-7-16/h3-7,10-11,13-14,17H,8-9,12,18H2,1-2H3. The van der Waals surface area contributed by atoms with Crippen LogP contribution in [-0.4, -0.2) is 33.8 Å². The molecule has 0 aliphatic carbocycles. The van der Waals surface area contributed by atoms with Gasteiger partial charge in [-0.05, 0) is 37.9 Å². The third-order valence-electron chi connectivity index (χ3n) is 4.70. The predicted octanol–water partition coefficient (Wildman–Crippen LogP) is 2.60. The highest BCUT2D eigenvalue weighted by Gasteiger charge is 2.27. The van der Waals surface area contributed by atoms with Crippen LogP contribution < -0.4 is 5.73 Å². The van der Waals surface area contributed by atoms with E-state index in [1.54, 1.807) is 0 Å². The highest BCUT2D eigenvalue weighted by atomic mass is 15.3. The number of rotatable bonds is 3. The number of likely N-dealkylation sites (tertiary alicyclic amines) is 1. The van der Waals surface area contributed by atoms with Crippen LogP contribution >= 0.6 is 0 Å². The molecule has 0 saturated carbocycles. The van der Waals surface area contributed by atoms with E-state index in [2.05, 4.69) is 42.2 Å². The number of benzene rings is 1. The first kappa shape index (κ1) is 14.3. The molecule has 2 aromatic rings. The van der Waals surface area contributed by atoms with Gasteiger partial charge in [0.05, 0.1) is 11.9 Å². The predicted molar refractivity (Wildman–Crippen MR) is 85.3 cm³/mol. The van der Waals surface area contributed by atoms with Gasteiger partial charge in [-0.1, -0.05) is 25.1 Å². The maximum atomic E-state index is 6.22. The number of piperidine rings is 1. The quantitative estimate of drug-likeness (QED) is 0.942. The molecular formula is C17H24N4. The van der Waals surface area contributed by atoms with E-state index < -0.39 is 0 Å². The SMILES string of the molecule is CC1CCN(C(C)c2cnn(-c3ccccc3)c2)CC1N. The average Bonchev–Trinajstić information content (AvgIpc) is 3.00. The van der Waals surface area contributed by atoms with E-state index in [0.717, 1.165) is 18.8 Å². The summed E-state index contributed by atoms with van der Waals surface area (Å²) >= 11 is 0. The third-order valence-corrected chi connectivity index (χ3v) is 4.70. The molecule has 4 heteroatoms. The van der Waals surface area contributed by atoms with Crippen LogP contribution in [0, 0.1) is 5.92 Å². The molecule has 1 aromatic carbocycles. The fraction of sp³-hybridized carbons (Fsp3) is 0.471. The highest BCUT2D eigenvalue weighted by Crippen LogP contribution is 2.26. The second-order valence-electron chi connectivity index (χ2n) is 6.15. The summed E-state index contributed by atoms with van der Waals surface area (Å²) in [5.74, 6) is 0.625. The van der Waals surface area contributed by atoms with Crippen molar-refractivity contribution < 1.29 is 0 Å². The van der Waals surface area contributed by atoms with Crippen molar-refractivity contribution in [2.75, 3.05) is 13.1 Å². The van der Waals surface area contributed by atoms with Gasteiger partial charge in [0.2, 0.25) is 0 Å². The van der Waals surface area contributed by atoms with Crippen LogP contribution in [-0.2, 0) is 0 Å². The molecule has 3 atom stereocenters. The fourth-order valence-electron chi connectivity index (χ4n) is 2.96. The van der Waals surface area contributed by atoms with Crippen molar-refractivity contribution in [1.82, 2.24) is 14.7 Å². The van der Waals surface area contributed by atoms with Crippen molar-refractivity contribution in [3.05, 3.63) is 48.3 Å². The molecule has 0 bridgehead atoms. The zero-order valence-electron chi connectivity index (χ0n) is 12.8. The Bertz CT molecular complexity index is 577. The topological polar surface area (TPSA) is 47.1 Å². The van der Waals surface area contributed by atoms with Gasteiger partial charge in [0.25, 0.3) is 0 Å². The molecule has 3 rings (SSSR count). The number of aromatic nitrogens is 2. The summed E-state index contributed by atoms with van der Waals surface area (Å²) in [6.07, 6.45) is 5.28. The van der Waals surface area contributed by atoms with Crippen LogP contribution in [0.5, 0.6) is 0 Å². The Balaban J connectivity index is 1.74. The minimum absolute atomic E-state index is 0.283.